The van der Waals surface area contributed by atoms with Gasteiger partial charge in [0, 0.05) is 0 Å². The van der Waals surface area contributed by atoms with Crippen LogP contribution in [0.5, 0.6) is 0 Å². The molecule has 0 unspecified atom stereocenters. The van der Waals surface area contributed by atoms with E-state index in [0.717, 1.165) is 23.8 Å². The van der Waals surface area contributed by atoms with Crippen LogP contribution in [-0.2, 0) is 10.0 Å². The van der Waals surface area contributed by atoms with Gasteiger partial charge in [-0.05, 0) is 19.1 Å². The van der Waals surface area contributed by atoms with Crippen molar-refractivity contribution < 1.29 is 26.0 Å². The molecule has 0 aliphatic heterocycles. The monoisotopic (exact) mass is 344 g/mol. The molecule has 2 rings (SSSR count). The average Bonchev–Trinajstić information content (AvgIpc) is 2.51. The summed E-state index contributed by atoms with van der Waals surface area (Å²) < 4.78 is 80.0. The van der Waals surface area contributed by atoms with Crippen LogP contribution in [-0.4, -0.2) is 8.42 Å². The number of nitrogens with one attached hydrogen (secondary N) is 1. The van der Waals surface area contributed by atoms with Crippen LogP contribution in [0.15, 0.2) is 29.2 Å². The first kappa shape index (κ1) is 16.8. The van der Waals surface area contributed by atoms with Gasteiger partial charge in [0.2, 0.25) is 0 Å². The van der Waals surface area contributed by atoms with Crippen LogP contribution < -0.4 is 4.72 Å². The molecule has 9 heteroatoms. The molecule has 0 atom stereocenters. The SMILES string of the molecule is Cc1ccc(S(=O)(=O)Nc2c(F)c(F)c(C#N)c(F)c2F)cc1. The summed E-state index contributed by atoms with van der Waals surface area (Å²) in [7, 11) is -4.47. The maximum Gasteiger partial charge on any atom is 0.262 e. The molecule has 0 amide bonds. The van der Waals surface area contributed by atoms with E-state index in [0.29, 0.717) is 0 Å². The lowest BCUT2D eigenvalue weighted by molar-refractivity contribution is 0.455. The summed E-state index contributed by atoms with van der Waals surface area (Å²) >= 11 is 0. The molecule has 0 spiro atoms. The third-order valence-corrected chi connectivity index (χ3v) is 4.31. The molecule has 0 fully saturated rings. The first-order valence-electron chi connectivity index (χ1n) is 6.04. The number of anilines is 1. The Hall–Kier alpha value is -2.60. The van der Waals surface area contributed by atoms with Crippen LogP contribution in [0.2, 0.25) is 0 Å². The van der Waals surface area contributed by atoms with Crippen molar-refractivity contribution in [1.82, 2.24) is 0 Å². The minimum absolute atomic E-state index is 0.355. The smallest absolute Gasteiger partial charge is 0.262 e. The lowest BCUT2D eigenvalue weighted by Crippen LogP contribution is -2.17. The zero-order chi connectivity index (χ0) is 17.4. The Morgan fingerprint density at radius 3 is 1.87 bits per heavy atom. The minimum Gasteiger partial charge on any atom is -0.274 e. The zero-order valence-electron chi connectivity index (χ0n) is 11.5. The van der Waals surface area contributed by atoms with Crippen LogP contribution >= 0.6 is 0 Å². The molecule has 0 heterocycles. The maximum absolute atomic E-state index is 13.7. The maximum atomic E-state index is 13.7. The molecule has 4 nitrogen and oxygen atoms in total. The number of aryl methyl sites for hydroxylation is 1. The summed E-state index contributed by atoms with van der Waals surface area (Å²) in [5.41, 5.74) is -2.27. The van der Waals surface area contributed by atoms with E-state index in [2.05, 4.69) is 0 Å². The fraction of sp³-hybridized carbons (Fsp3) is 0.0714. The van der Waals surface area contributed by atoms with E-state index in [4.69, 9.17) is 5.26 Å². The van der Waals surface area contributed by atoms with Crippen molar-refractivity contribution in [3.05, 3.63) is 58.7 Å². The summed E-state index contributed by atoms with van der Waals surface area (Å²) in [4.78, 5) is -0.355. The molecule has 0 saturated heterocycles. The minimum atomic E-state index is -4.47. The molecule has 0 bridgehead atoms. The average molecular weight is 344 g/mol. The van der Waals surface area contributed by atoms with E-state index < -0.39 is 44.5 Å². The molecular formula is C14H8F4N2O2S. The van der Waals surface area contributed by atoms with Gasteiger partial charge in [0.1, 0.15) is 17.3 Å². The lowest BCUT2D eigenvalue weighted by Gasteiger charge is -2.12. The highest BCUT2D eigenvalue weighted by Gasteiger charge is 2.28. The second kappa shape index (κ2) is 5.89. The number of halogens is 4. The van der Waals surface area contributed by atoms with E-state index in [9.17, 15) is 26.0 Å². The van der Waals surface area contributed by atoms with Crippen LogP contribution in [0.1, 0.15) is 11.1 Å². The van der Waals surface area contributed by atoms with Gasteiger partial charge in [0.15, 0.2) is 23.3 Å². The van der Waals surface area contributed by atoms with Crippen LogP contribution in [0, 0.1) is 41.5 Å². The van der Waals surface area contributed by atoms with Gasteiger partial charge >= 0.3 is 0 Å². The number of rotatable bonds is 3. The zero-order valence-corrected chi connectivity index (χ0v) is 12.3. The lowest BCUT2D eigenvalue weighted by atomic mass is 10.1. The fourth-order valence-electron chi connectivity index (χ4n) is 1.73. The standard InChI is InChI=1S/C14H8F4N2O2S/c1-7-2-4-8(5-3-7)23(21,22)20-14-12(17)10(15)9(6-19)11(16)13(14)18/h2-5,20H,1H3. The molecule has 23 heavy (non-hydrogen) atoms. The first-order chi connectivity index (χ1) is 10.7. The highest BCUT2D eigenvalue weighted by Crippen LogP contribution is 2.29. The number of hydrogen-bond donors (Lipinski definition) is 1. The Bertz CT molecular complexity index is 890. The van der Waals surface area contributed by atoms with Crippen molar-refractivity contribution in [3.63, 3.8) is 0 Å². The summed E-state index contributed by atoms with van der Waals surface area (Å²) in [5.74, 6) is -7.96. The topological polar surface area (TPSA) is 70.0 Å². The predicted octanol–water partition coefficient (Wildman–Crippen LogP) is 3.22. The van der Waals surface area contributed by atoms with Crippen molar-refractivity contribution in [3.8, 4) is 6.07 Å². The highest BCUT2D eigenvalue weighted by molar-refractivity contribution is 7.92. The molecule has 0 aromatic heterocycles. The molecule has 1 N–H and O–H groups in total. The normalized spacial score (nSPS) is 11.1. The van der Waals surface area contributed by atoms with E-state index in [1.807, 2.05) is 0 Å². The van der Waals surface area contributed by atoms with Gasteiger partial charge in [-0.15, -0.1) is 0 Å². The van der Waals surface area contributed by atoms with E-state index >= 15 is 0 Å². The van der Waals surface area contributed by atoms with Gasteiger partial charge in [-0.25, -0.2) is 26.0 Å². The summed E-state index contributed by atoms with van der Waals surface area (Å²) in [6.07, 6.45) is 0. The molecule has 2 aromatic rings. The summed E-state index contributed by atoms with van der Waals surface area (Å²) in [6, 6.07) is 6.14. The Labute approximate surface area is 129 Å². The quantitative estimate of drug-likeness (QED) is 0.686. The Morgan fingerprint density at radius 1 is 0.957 bits per heavy atom. The van der Waals surface area contributed by atoms with Crippen LogP contribution in [0.25, 0.3) is 0 Å². The Balaban J connectivity index is 2.57. The van der Waals surface area contributed by atoms with Crippen LogP contribution in [0.4, 0.5) is 23.2 Å². The van der Waals surface area contributed by atoms with Gasteiger partial charge in [-0.3, -0.25) is 4.72 Å². The van der Waals surface area contributed by atoms with Gasteiger partial charge in [-0.1, -0.05) is 17.7 Å². The number of nitriles is 1. The van der Waals surface area contributed by atoms with Crippen molar-refractivity contribution in [2.45, 2.75) is 11.8 Å². The van der Waals surface area contributed by atoms with E-state index in [1.54, 1.807) is 6.92 Å². The molecular weight excluding hydrogens is 336 g/mol. The number of benzene rings is 2. The second-order valence-corrected chi connectivity index (χ2v) is 6.22. The number of nitrogens with zero attached hydrogens (tertiary/aromatic N) is 1. The molecule has 120 valence electrons. The molecule has 0 radical (unpaired) electrons. The highest BCUT2D eigenvalue weighted by atomic mass is 32.2. The molecule has 0 aliphatic rings. The largest absolute Gasteiger partial charge is 0.274 e. The van der Waals surface area contributed by atoms with Crippen molar-refractivity contribution >= 4 is 15.7 Å². The van der Waals surface area contributed by atoms with Crippen molar-refractivity contribution in [2.75, 3.05) is 4.72 Å². The molecule has 0 aliphatic carbocycles. The summed E-state index contributed by atoms with van der Waals surface area (Å²) in [5, 5.41) is 8.47. The van der Waals surface area contributed by atoms with Gasteiger partial charge in [0.25, 0.3) is 10.0 Å². The van der Waals surface area contributed by atoms with Gasteiger partial charge < -0.3 is 0 Å². The number of hydrogen-bond acceptors (Lipinski definition) is 3. The van der Waals surface area contributed by atoms with Crippen molar-refractivity contribution in [2.24, 2.45) is 0 Å². The third-order valence-electron chi connectivity index (χ3n) is 2.94. The Morgan fingerprint density at radius 2 is 1.43 bits per heavy atom. The molecule has 2 aromatic carbocycles. The first-order valence-corrected chi connectivity index (χ1v) is 7.53. The van der Waals surface area contributed by atoms with E-state index in [-0.39, 0.29) is 4.90 Å². The second-order valence-electron chi connectivity index (χ2n) is 4.54. The third kappa shape index (κ3) is 2.98. The Kier molecular flexibility index (Phi) is 4.29. The fourth-order valence-corrected chi connectivity index (χ4v) is 2.79. The molecule has 0 saturated carbocycles. The summed E-state index contributed by atoms with van der Waals surface area (Å²) in [6.45, 7) is 1.69. The van der Waals surface area contributed by atoms with E-state index in [1.165, 1.54) is 16.9 Å². The number of sulfonamides is 1. The van der Waals surface area contributed by atoms with Gasteiger partial charge in [0.05, 0.1) is 4.90 Å². The predicted molar refractivity (Wildman–Crippen MR) is 73.0 cm³/mol. The van der Waals surface area contributed by atoms with Gasteiger partial charge in [-0.2, -0.15) is 5.26 Å². The van der Waals surface area contributed by atoms with Crippen molar-refractivity contribution in [1.29, 1.82) is 5.26 Å². The van der Waals surface area contributed by atoms with Crippen LogP contribution in [0.3, 0.4) is 0 Å².